The van der Waals surface area contributed by atoms with Crippen LogP contribution in [0, 0.1) is 5.82 Å². The van der Waals surface area contributed by atoms with Gasteiger partial charge in [0.1, 0.15) is 11.4 Å². The second-order valence-electron chi connectivity index (χ2n) is 8.02. The number of carbonyl (C=O) groups is 2. The lowest BCUT2D eigenvalue weighted by Crippen LogP contribution is -2.40. The summed E-state index contributed by atoms with van der Waals surface area (Å²) in [7, 11) is 0. The molecule has 0 spiro atoms. The Morgan fingerprint density at radius 1 is 0.900 bits per heavy atom. The molecule has 2 amide bonds. The van der Waals surface area contributed by atoms with Crippen LogP contribution < -0.4 is 0 Å². The van der Waals surface area contributed by atoms with Crippen LogP contribution in [0.1, 0.15) is 41.6 Å². The summed E-state index contributed by atoms with van der Waals surface area (Å²) in [6.07, 6.45) is 2.83. The summed E-state index contributed by atoms with van der Waals surface area (Å²) < 4.78 is 19.2. The molecular weight excluding hydrogens is 383 g/mol. The number of hydrogen-bond acceptors (Lipinski definition) is 3. The molecule has 2 aliphatic rings. The molecule has 6 heteroatoms. The maximum Gasteiger partial charge on any atom is 0.253 e. The summed E-state index contributed by atoms with van der Waals surface area (Å²) in [6, 6.07) is 15.6. The number of ether oxygens (including phenoxy) is 1. The van der Waals surface area contributed by atoms with E-state index in [1.165, 1.54) is 24.3 Å². The van der Waals surface area contributed by atoms with Crippen molar-refractivity contribution in [2.45, 2.75) is 31.3 Å². The van der Waals surface area contributed by atoms with Gasteiger partial charge in [-0.15, -0.1) is 0 Å². The molecule has 2 aliphatic heterocycles. The minimum atomic E-state index is -0.547. The van der Waals surface area contributed by atoms with Crippen LogP contribution in [0.4, 0.5) is 4.39 Å². The van der Waals surface area contributed by atoms with Crippen molar-refractivity contribution in [2.75, 3.05) is 32.8 Å². The molecule has 30 heavy (non-hydrogen) atoms. The zero-order valence-corrected chi connectivity index (χ0v) is 17.1. The van der Waals surface area contributed by atoms with E-state index in [9.17, 15) is 14.0 Å². The second-order valence-corrected chi connectivity index (χ2v) is 8.02. The van der Waals surface area contributed by atoms with Gasteiger partial charge in [0.15, 0.2) is 0 Å². The van der Waals surface area contributed by atoms with Crippen LogP contribution in [0.5, 0.6) is 0 Å². The monoisotopic (exact) mass is 410 g/mol. The lowest BCUT2D eigenvalue weighted by molar-refractivity contribution is -0.137. The molecule has 2 fully saturated rings. The van der Waals surface area contributed by atoms with Gasteiger partial charge in [-0.05, 0) is 49.1 Å². The molecule has 0 aromatic heterocycles. The molecule has 2 saturated heterocycles. The van der Waals surface area contributed by atoms with Gasteiger partial charge >= 0.3 is 0 Å². The largest absolute Gasteiger partial charge is 0.370 e. The Bertz CT molecular complexity index is 879. The summed E-state index contributed by atoms with van der Waals surface area (Å²) in [5.41, 5.74) is 0.978. The first-order valence-electron chi connectivity index (χ1n) is 10.6. The van der Waals surface area contributed by atoms with Gasteiger partial charge in [0.2, 0.25) is 5.91 Å². The van der Waals surface area contributed by atoms with Crippen LogP contribution in [0.2, 0.25) is 0 Å². The first kappa shape index (κ1) is 20.5. The lowest BCUT2D eigenvalue weighted by Gasteiger charge is -2.31. The Morgan fingerprint density at radius 3 is 2.30 bits per heavy atom. The highest BCUT2D eigenvalue weighted by Gasteiger charge is 2.40. The maximum absolute atomic E-state index is 13.2. The number of hydrogen-bond donors (Lipinski definition) is 0. The Balaban J connectivity index is 1.41. The zero-order chi connectivity index (χ0) is 21.0. The minimum absolute atomic E-state index is 0.0665. The fourth-order valence-electron chi connectivity index (χ4n) is 4.41. The van der Waals surface area contributed by atoms with Gasteiger partial charge in [0.05, 0.1) is 6.42 Å². The molecule has 2 aromatic rings. The van der Waals surface area contributed by atoms with Crippen LogP contribution in [0.25, 0.3) is 0 Å². The topological polar surface area (TPSA) is 49.9 Å². The van der Waals surface area contributed by atoms with Crippen LogP contribution in [-0.4, -0.2) is 54.4 Å². The number of amides is 2. The number of benzene rings is 2. The molecule has 0 bridgehead atoms. The third-order valence-electron chi connectivity index (χ3n) is 6.07. The third kappa shape index (κ3) is 4.38. The summed E-state index contributed by atoms with van der Waals surface area (Å²) in [4.78, 5) is 29.5. The molecule has 2 aromatic carbocycles. The normalized spacial score (nSPS) is 22.0. The van der Waals surface area contributed by atoms with E-state index in [0.717, 1.165) is 24.8 Å². The van der Waals surface area contributed by atoms with Gasteiger partial charge in [0, 0.05) is 38.3 Å². The van der Waals surface area contributed by atoms with E-state index >= 15 is 0 Å². The zero-order valence-electron chi connectivity index (χ0n) is 17.1. The molecule has 4 rings (SSSR count). The van der Waals surface area contributed by atoms with Gasteiger partial charge in [-0.3, -0.25) is 9.59 Å². The van der Waals surface area contributed by atoms with Crippen molar-refractivity contribution in [3.05, 3.63) is 71.5 Å². The number of carbonyl (C=O) groups excluding carboxylic acids is 2. The molecule has 5 nitrogen and oxygen atoms in total. The van der Waals surface area contributed by atoms with Crippen molar-refractivity contribution in [2.24, 2.45) is 0 Å². The predicted molar refractivity (Wildman–Crippen MR) is 111 cm³/mol. The molecule has 0 radical (unpaired) electrons. The number of nitrogens with zero attached hydrogens (tertiary/aromatic N) is 2. The molecule has 0 aliphatic carbocycles. The molecular formula is C24H27FN2O3. The van der Waals surface area contributed by atoms with Crippen LogP contribution in [0.15, 0.2) is 54.6 Å². The molecule has 1 atom stereocenters. The van der Waals surface area contributed by atoms with Crippen LogP contribution >= 0.6 is 0 Å². The van der Waals surface area contributed by atoms with Gasteiger partial charge in [0.25, 0.3) is 5.91 Å². The first-order chi connectivity index (χ1) is 14.6. The fraction of sp³-hybridized carbons (Fsp3) is 0.417. The van der Waals surface area contributed by atoms with Gasteiger partial charge in [-0.1, -0.05) is 30.3 Å². The lowest BCUT2D eigenvalue weighted by atomic mass is 9.87. The van der Waals surface area contributed by atoms with E-state index in [-0.39, 0.29) is 17.6 Å². The average Bonchev–Trinajstić information content (AvgIpc) is 3.10. The SMILES string of the molecule is O=C(CC1(c2ccccc2)CCCO1)N1CCCN(C(=O)c2ccc(F)cc2)CC1. The summed E-state index contributed by atoms with van der Waals surface area (Å²) in [6.45, 7) is 2.84. The van der Waals surface area contributed by atoms with Gasteiger partial charge < -0.3 is 14.5 Å². The van der Waals surface area contributed by atoms with E-state index in [0.29, 0.717) is 44.8 Å². The van der Waals surface area contributed by atoms with E-state index in [1.54, 1.807) is 4.90 Å². The van der Waals surface area contributed by atoms with Crippen molar-refractivity contribution in [1.29, 1.82) is 0 Å². The molecule has 1 unspecified atom stereocenters. The summed E-state index contributed by atoms with van der Waals surface area (Å²) in [5, 5.41) is 0. The van der Waals surface area contributed by atoms with Crippen molar-refractivity contribution in [3.63, 3.8) is 0 Å². The van der Waals surface area contributed by atoms with Crippen LogP contribution in [-0.2, 0) is 15.1 Å². The second kappa shape index (κ2) is 8.96. The fourth-order valence-corrected chi connectivity index (χ4v) is 4.41. The van der Waals surface area contributed by atoms with Crippen molar-refractivity contribution in [1.82, 2.24) is 9.80 Å². The highest BCUT2D eigenvalue weighted by Crippen LogP contribution is 2.39. The van der Waals surface area contributed by atoms with Gasteiger partial charge in [-0.2, -0.15) is 0 Å². The van der Waals surface area contributed by atoms with E-state index < -0.39 is 5.60 Å². The smallest absolute Gasteiger partial charge is 0.253 e. The molecule has 0 N–H and O–H groups in total. The van der Waals surface area contributed by atoms with E-state index in [1.807, 2.05) is 35.2 Å². The molecule has 158 valence electrons. The van der Waals surface area contributed by atoms with Crippen molar-refractivity contribution >= 4 is 11.8 Å². The van der Waals surface area contributed by atoms with E-state index in [4.69, 9.17) is 4.74 Å². The Morgan fingerprint density at radius 2 is 1.60 bits per heavy atom. The summed E-state index contributed by atoms with van der Waals surface area (Å²) >= 11 is 0. The first-order valence-corrected chi connectivity index (χ1v) is 10.6. The van der Waals surface area contributed by atoms with E-state index in [2.05, 4.69) is 0 Å². The number of rotatable bonds is 4. The molecule has 0 saturated carbocycles. The third-order valence-corrected chi connectivity index (χ3v) is 6.07. The maximum atomic E-state index is 13.2. The minimum Gasteiger partial charge on any atom is -0.370 e. The Labute approximate surface area is 176 Å². The van der Waals surface area contributed by atoms with Crippen LogP contribution in [0.3, 0.4) is 0 Å². The average molecular weight is 410 g/mol. The standard InChI is InChI=1S/C24H27FN2O3/c25-21-10-8-19(9-11-21)23(29)27-14-5-13-26(15-16-27)22(28)18-24(12-4-17-30-24)20-6-2-1-3-7-20/h1-3,6-11H,4-5,12-18H2. The summed E-state index contributed by atoms with van der Waals surface area (Å²) in [5.74, 6) is -0.415. The molecule has 2 heterocycles. The van der Waals surface area contributed by atoms with Crippen molar-refractivity contribution < 1.29 is 18.7 Å². The van der Waals surface area contributed by atoms with Gasteiger partial charge in [-0.25, -0.2) is 4.39 Å². The quantitative estimate of drug-likeness (QED) is 0.774. The number of halogens is 1. The predicted octanol–water partition coefficient (Wildman–Crippen LogP) is 3.60. The Kier molecular flexibility index (Phi) is 6.13. The highest BCUT2D eigenvalue weighted by atomic mass is 19.1. The highest BCUT2D eigenvalue weighted by molar-refractivity contribution is 5.94. The Hall–Kier alpha value is -2.73. The van der Waals surface area contributed by atoms with Crippen molar-refractivity contribution in [3.8, 4) is 0 Å².